The van der Waals surface area contributed by atoms with Crippen LogP contribution in [0.5, 0.6) is 0 Å². The molecule has 0 aliphatic rings. The summed E-state index contributed by atoms with van der Waals surface area (Å²) in [6, 6.07) is 1.29. The number of nitrogens with one attached hydrogen (secondary N) is 1. The number of carbonyl (C=O) groups is 1. The van der Waals surface area contributed by atoms with Crippen LogP contribution in [-0.4, -0.2) is 21.4 Å². The minimum Gasteiger partial charge on any atom is -0.365 e. The van der Waals surface area contributed by atoms with E-state index in [0.29, 0.717) is 4.88 Å². The summed E-state index contributed by atoms with van der Waals surface area (Å²) < 4.78 is 25.0. The molecule has 1 amide bonds. The van der Waals surface area contributed by atoms with Crippen molar-refractivity contribution in [2.24, 2.45) is 5.73 Å². The first kappa shape index (κ1) is 11.2. The predicted octanol–water partition coefficient (Wildman–Crippen LogP) is 0.0635. The Balaban J connectivity index is 3.31. The Labute approximate surface area is 86.0 Å². The molecular weight excluding hydrogens is 224 g/mol. The Hall–Kier alpha value is -0.920. The van der Waals surface area contributed by atoms with E-state index >= 15 is 0 Å². The van der Waals surface area contributed by atoms with Crippen LogP contribution >= 0.6 is 11.3 Å². The normalized spacial score (nSPS) is 11.6. The van der Waals surface area contributed by atoms with Crippen molar-refractivity contribution in [1.29, 1.82) is 0 Å². The first-order chi connectivity index (χ1) is 6.38. The van der Waals surface area contributed by atoms with Gasteiger partial charge in [0.15, 0.2) is 0 Å². The fourth-order valence-corrected chi connectivity index (χ4v) is 3.13. The van der Waals surface area contributed by atoms with E-state index in [1.165, 1.54) is 13.1 Å². The van der Waals surface area contributed by atoms with Crippen LogP contribution in [0.2, 0.25) is 0 Å². The summed E-state index contributed by atoms with van der Waals surface area (Å²) in [6.45, 7) is 1.63. The van der Waals surface area contributed by atoms with Gasteiger partial charge in [-0.15, -0.1) is 11.3 Å². The number of sulfonamides is 1. The second-order valence-corrected chi connectivity index (χ2v) is 5.71. The summed E-state index contributed by atoms with van der Waals surface area (Å²) in [5, 5.41) is 0. The van der Waals surface area contributed by atoms with E-state index in [4.69, 9.17) is 5.73 Å². The van der Waals surface area contributed by atoms with Crippen molar-refractivity contribution in [3.8, 4) is 0 Å². The van der Waals surface area contributed by atoms with Crippen molar-refractivity contribution in [1.82, 2.24) is 4.72 Å². The zero-order valence-corrected chi connectivity index (χ0v) is 9.33. The van der Waals surface area contributed by atoms with Gasteiger partial charge in [-0.3, -0.25) is 4.79 Å². The highest BCUT2D eigenvalue weighted by molar-refractivity contribution is 7.89. The van der Waals surface area contributed by atoms with Crippen molar-refractivity contribution in [2.45, 2.75) is 11.8 Å². The lowest BCUT2D eigenvalue weighted by atomic mass is 10.4. The number of hydrogen-bond donors (Lipinski definition) is 2. The van der Waals surface area contributed by atoms with Crippen LogP contribution in [0.1, 0.15) is 14.5 Å². The summed E-state index contributed by atoms with van der Waals surface area (Å²) in [5.74, 6) is -0.615. The molecule has 14 heavy (non-hydrogen) atoms. The lowest BCUT2D eigenvalue weighted by molar-refractivity contribution is 0.100. The number of nitrogens with two attached hydrogens (primary N) is 1. The van der Waals surface area contributed by atoms with Crippen LogP contribution < -0.4 is 10.5 Å². The van der Waals surface area contributed by atoms with E-state index in [-0.39, 0.29) is 9.77 Å². The Bertz CT molecular complexity index is 461. The molecule has 0 aliphatic heterocycles. The third-order valence-electron chi connectivity index (χ3n) is 1.67. The molecule has 3 N–H and O–H groups in total. The second kappa shape index (κ2) is 3.68. The van der Waals surface area contributed by atoms with Crippen LogP contribution in [0.3, 0.4) is 0 Å². The molecule has 7 heteroatoms. The summed E-state index contributed by atoms with van der Waals surface area (Å²) >= 11 is 1.07. The maximum atomic E-state index is 11.4. The number of carbonyl (C=O) groups excluding carboxylic acids is 1. The molecule has 0 fully saturated rings. The van der Waals surface area contributed by atoms with Crippen molar-refractivity contribution in [3.05, 3.63) is 15.8 Å². The molecule has 0 unspecified atom stereocenters. The number of rotatable bonds is 3. The Morgan fingerprint density at radius 1 is 1.57 bits per heavy atom. The minimum absolute atomic E-state index is 0.110. The summed E-state index contributed by atoms with van der Waals surface area (Å²) in [4.78, 5) is 11.7. The van der Waals surface area contributed by atoms with Gasteiger partial charge in [-0.25, -0.2) is 13.1 Å². The van der Waals surface area contributed by atoms with Gasteiger partial charge in [0, 0.05) is 4.88 Å². The molecule has 1 aromatic rings. The highest BCUT2D eigenvalue weighted by Crippen LogP contribution is 2.24. The number of hydrogen-bond acceptors (Lipinski definition) is 4. The van der Waals surface area contributed by atoms with E-state index in [0.717, 1.165) is 11.3 Å². The average molecular weight is 234 g/mol. The monoisotopic (exact) mass is 234 g/mol. The predicted molar refractivity (Wildman–Crippen MR) is 53.8 cm³/mol. The second-order valence-electron chi connectivity index (χ2n) is 2.60. The topological polar surface area (TPSA) is 89.3 Å². The SMILES string of the molecule is CNS(=O)(=O)c1cc(C(N)=O)sc1C. The van der Waals surface area contributed by atoms with Gasteiger partial charge in [0.25, 0.3) is 5.91 Å². The van der Waals surface area contributed by atoms with Crippen LogP contribution in [-0.2, 0) is 10.0 Å². The van der Waals surface area contributed by atoms with Crippen molar-refractivity contribution >= 4 is 27.3 Å². The van der Waals surface area contributed by atoms with Gasteiger partial charge in [-0.05, 0) is 20.0 Å². The lowest BCUT2D eigenvalue weighted by Gasteiger charge is -1.98. The molecule has 0 radical (unpaired) electrons. The van der Waals surface area contributed by atoms with Crippen molar-refractivity contribution < 1.29 is 13.2 Å². The highest BCUT2D eigenvalue weighted by atomic mass is 32.2. The first-order valence-corrected chi connectivity index (χ1v) is 6.02. The molecule has 0 atom stereocenters. The molecule has 0 aromatic carbocycles. The molecule has 0 spiro atoms. The van der Waals surface area contributed by atoms with Crippen LogP contribution in [0, 0.1) is 6.92 Å². The quantitative estimate of drug-likeness (QED) is 0.775. The molecular formula is C7H10N2O3S2. The first-order valence-electron chi connectivity index (χ1n) is 3.72. The lowest BCUT2D eigenvalue weighted by Crippen LogP contribution is -2.18. The Kier molecular flexibility index (Phi) is 2.93. The molecule has 1 aromatic heterocycles. The maximum Gasteiger partial charge on any atom is 0.258 e. The fourth-order valence-electron chi connectivity index (χ4n) is 0.964. The van der Waals surface area contributed by atoms with Gasteiger partial charge < -0.3 is 5.73 Å². The zero-order valence-electron chi connectivity index (χ0n) is 7.70. The van der Waals surface area contributed by atoms with Crippen LogP contribution in [0.25, 0.3) is 0 Å². The highest BCUT2D eigenvalue weighted by Gasteiger charge is 2.19. The van der Waals surface area contributed by atoms with E-state index in [9.17, 15) is 13.2 Å². The molecule has 1 rings (SSSR count). The summed E-state index contributed by atoms with van der Waals surface area (Å²) in [6.07, 6.45) is 0. The Morgan fingerprint density at radius 3 is 2.50 bits per heavy atom. The smallest absolute Gasteiger partial charge is 0.258 e. The van der Waals surface area contributed by atoms with Crippen molar-refractivity contribution in [3.63, 3.8) is 0 Å². The number of primary amides is 1. The third kappa shape index (κ3) is 1.94. The average Bonchev–Trinajstić information content (AvgIpc) is 2.48. The molecule has 0 bridgehead atoms. The standard InChI is InChI=1S/C7H10N2O3S2/c1-4-6(14(11,12)9-2)3-5(13-4)7(8)10/h3,9H,1-2H3,(H2,8,10). The van der Waals surface area contributed by atoms with Gasteiger partial charge in [0.05, 0.1) is 9.77 Å². The molecule has 5 nitrogen and oxygen atoms in total. The molecule has 1 heterocycles. The third-order valence-corrected chi connectivity index (χ3v) is 4.41. The molecule has 78 valence electrons. The van der Waals surface area contributed by atoms with E-state index < -0.39 is 15.9 Å². The van der Waals surface area contributed by atoms with Gasteiger partial charge in [0.1, 0.15) is 0 Å². The van der Waals surface area contributed by atoms with Gasteiger partial charge in [-0.1, -0.05) is 0 Å². The molecule has 0 aliphatic carbocycles. The van der Waals surface area contributed by atoms with E-state index in [1.54, 1.807) is 6.92 Å². The number of amides is 1. The van der Waals surface area contributed by atoms with Crippen molar-refractivity contribution in [2.75, 3.05) is 7.05 Å². The molecule has 0 saturated heterocycles. The van der Waals surface area contributed by atoms with Crippen LogP contribution in [0.15, 0.2) is 11.0 Å². The molecule has 0 saturated carbocycles. The number of thiophene rings is 1. The van der Waals surface area contributed by atoms with Crippen LogP contribution in [0.4, 0.5) is 0 Å². The fraction of sp³-hybridized carbons (Fsp3) is 0.286. The number of aryl methyl sites for hydroxylation is 1. The van der Waals surface area contributed by atoms with Gasteiger partial charge >= 0.3 is 0 Å². The van der Waals surface area contributed by atoms with E-state index in [2.05, 4.69) is 4.72 Å². The Morgan fingerprint density at radius 2 is 2.14 bits per heavy atom. The maximum absolute atomic E-state index is 11.4. The zero-order chi connectivity index (χ0) is 10.9. The van der Waals surface area contributed by atoms with E-state index in [1.807, 2.05) is 0 Å². The minimum atomic E-state index is -3.49. The summed E-state index contributed by atoms with van der Waals surface area (Å²) in [7, 11) is -2.17. The largest absolute Gasteiger partial charge is 0.365 e. The van der Waals surface area contributed by atoms with Gasteiger partial charge in [0.2, 0.25) is 10.0 Å². The summed E-state index contributed by atoms with van der Waals surface area (Å²) in [5.41, 5.74) is 5.04. The van der Waals surface area contributed by atoms with Gasteiger partial charge in [-0.2, -0.15) is 0 Å².